The smallest absolute Gasteiger partial charge is 0.339 e. The molecule has 6 heteroatoms. The highest BCUT2D eigenvalue weighted by Gasteiger charge is 2.14. The van der Waals surface area contributed by atoms with Crippen LogP contribution in [0.25, 0.3) is 0 Å². The van der Waals surface area contributed by atoms with Gasteiger partial charge >= 0.3 is 5.97 Å². The Labute approximate surface area is 124 Å². The molecule has 6 nitrogen and oxygen atoms in total. The van der Waals surface area contributed by atoms with E-state index in [0.717, 1.165) is 12.8 Å². The van der Waals surface area contributed by atoms with Gasteiger partial charge in [-0.3, -0.25) is 4.79 Å². The fraction of sp³-hybridized carbons (Fsp3) is 0.467. The summed E-state index contributed by atoms with van der Waals surface area (Å²) in [5, 5.41) is 11.8. The van der Waals surface area contributed by atoms with Crippen molar-refractivity contribution in [1.29, 1.82) is 0 Å². The van der Waals surface area contributed by atoms with Crippen LogP contribution in [0, 0.1) is 0 Å². The lowest BCUT2D eigenvalue weighted by Crippen LogP contribution is -2.29. The molecule has 0 spiro atoms. The minimum atomic E-state index is -1.11. The van der Waals surface area contributed by atoms with Gasteiger partial charge in [0.25, 0.3) is 5.91 Å². The van der Waals surface area contributed by atoms with Gasteiger partial charge in [0.1, 0.15) is 17.1 Å². The van der Waals surface area contributed by atoms with Gasteiger partial charge in [-0.2, -0.15) is 0 Å². The molecule has 116 valence electrons. The van der Waals surface area contributed by atoms with E-state index in [2.05, 4.69) is 5.32 Å². The molecule has 0 fully saturated rings. The highest BCUT2D eigenvalue weighted by atomic mass is 16.5. The molecule has 0 aromatic heterocycles. The predicted octanol–water partition coefficient (Wildman–Crippen LogP) is 2.08. The van der Waals surface area contributed by atoms with Gasteiger partial charge in [-0.15, -0.1) is 0 Å². The number of carbonyl (C=O) groups excluding carboxylic acids is 1. The van der Waals surface area contributed by atoms with Crippen LogP contribution < -0.4 is 14.8 Å². The molecular weight excluding hydrogens is 274 g/mol. The topological polar surface area (TPSA) is 84.9 Å². The van der Waals surface area contributed by atoms with Crippen LogP contribution in [0.3, 0.4) is 0 Å². The molecule has 0 radical (unpaired) electrons. The molecule has 0 atom stereocenters. The SMILES string of the molecule is CCCNC(=O)COc1cc(OCCC)ccc1C(=O)O. The van der Waals surface area contributed by atoms with Gasteiger partial charge in [-0.25, -0.2) is 4.79 Å². The first-order chi connectivity index (χ1) is 10.1. The largest absolute Gasteiger partial charge is 0.493 e. The number of hydrogen-bond donors (Lipinski definition) is 2. The second kappa shape index (κ2) is 8.84. The molecule has 0 aliphatic carbocycles. The maximum atomic E-state index is 11.5. The molecule has 0 aliphatic rings. The van der Waals surface area contributed by atoms with E-state index in [1.807, 2.05) is 13.8 Å². The molecule has 0 heterocycles. The van der Waals surface area contributed by atoms with E-state index < -0.39 is 5.97 Å². The standard InChI is InChI=1S/C15H21NO5/c1-3-7-16-14(17)10-21-13-9-11(20-8-4-2)5-6-12(13)15(18)19/h5-6,9H,3-4,7-8,10H2,1-2H3,(H,16,17)(H,18,19). The number of nitrogens with one attached hydrogen (secondary N) is 1. The van der Waals surface area contributed by atoms with Crippen LogP contribution in [-0.4, -0.2) is 36.7 Å². The number of ether oxygens (including phenoxy) is 2. The molecule has 0 aliphatic heterocycles. The summed E-state index contributed by atoms with van der Waals surface area (Å²) in [7, 11) is 0. The summed E-state index contributed by atoms with van der Waals surface area (Å²) in [6, 6.07) is 4.47. The van der Waals surface area contributed by atoms with Gasteiger partial charge in [0.2, 0.25) is 0 Å². The van der Waals surface area contributed by atoms with Crippen molar-refractivity contribution in [3.8, 4) is 11.5 Å². The Bertz CT molecular complexity index is 487. The maximum absolute atomic E-state index is 11.5. The average molecular weight is 295 g/mol. The van der Waals surface area contributed by atoms with Crippen LogP contribution in [0.4, 0.5) is 0 Å². The van der Waals surface area contributed by atoms with E-state index >= 15 is 0 Å². The zero-order valence-corrected chi connectivity index (χ0v) is 12.3. The van der Waals surface area contributed by atoms with Crippen LogP contribution >= 0.6 is 0 Å². The number of carbonyl (C=O) groups is 2. The number of rotatable bonds is 9. The van der Waals surface area contributed by atoms with Crippen molar-refractivity contribution in [2.75, 3.05) is 19.8 Å². The first kappa shape index (κ1) is 16.8. The molecule has 0 saturated heterocycles. The van der Waals surface area contributed by atoms with Crippen molar-refractivity contribution < 1.29 is 24.2 Å². The average Bonchev–Trinajstić information content (AvgIpc) is 2.48. The van der Waals surface area contributed by atoms with Crippen molar-refractivity contribution in [3.05, 3.63) is 23.8 Å². The van der Waals surface area contributed by atoms with E-state index in [-0.39, 0.29) is 23.8 Å². The molecular formula is C15H21NO5. The summed E-state index contributed by atoms with van der Waals surface area (Å²) >= 11 is 0. The Morgan fingerprint density at radius 1 is 1.19 bits per heavy atom. The van der Waals surface area contributed by atoms with E-state index in [1.165, 1.54) is 12.1 Å². The summed E-state index contributed by atoms with van der Waals surface area (Å²) in [5.41, 5.74) is 0.00198. The summed E-state index contributed by atoms with van der Waals surface area (Å²) in [4.78, 5) is 22.6. The van der Waals surface area contributed by atoms with Crippen LogP contribution in [0.5, 0.6) is 11.5 Å². The van der Waals surface area contributed by atoms with Gasteiger partial charge in [0.05, 0.1) is 6.61 Å². The third kappa shape index (κ3) is 5.72. The number of benzene rings is 1. The quantitative estimate of drug-likeness (QED) is 0.728. The van der Waals surface area contributed by atoms with Crippen LogP contribution in [0.2, 0.25) is 0 Å². The molecule has 0 unspecified atom stereocenters. The van der Waals surface area contributed by atoms with Gasteiger partial charge in [-0.1, -0.05) is 13.8 Å². The van der Waals surface area contributed by atoms with E-state index in [9.17, 15) is 9.59 Å². The summed E-state index contributed by atoms with van der Waals surface area (Å²) in [5.74, 6) is -0.748. The molecule has 1 aromatic carbocycles. The highest BCUT2D eigenvalue weighted by molar-refractivity contribution is 5.91. The predicted molar refractivity (Wildman–Crippen MR) is 78.0 cm³/mol. The third-order valence-corrected chi connectivity index (χ3v) is 2.59. The first-order valence-corrected chi connectivity index (χ1v) is 6.98. The number of carboxylic acid groups (broad SMARTS) is 1. The fourth-order valence-corrected chi connectivity index (χ4v) is 1.57. The van der Waals surface area contributed by atoms with Crippen molar-refractivity contribution in [1.82, 2.24) is 5.32 Å². The number of hydrogen-bond acceptors (Lipinski definition) is 4. The Morgan fingerprint density at radius 3 is 2.57 bits per heavy atom. The maximum Gasteiger partial charge on any atom is 0.339 e. The number of aromatic carboxylic acids is 1. The Balaban J connectivity index is 2.76. The highest BCUT2D eigenvalue weighted by Crippen LogP contribution is 2.25. The van der Waals surface area contributed by atoms with E-state index in [1.54, 1.807) is 6.07 Å². The fourth-order valence-electron chi connectivity index (χ4n) is 1.57. The van der Waals surface area contributed by atoms with E-state index in [4.69, 9.17) is 14.6 Å². The molecule has 0 bridgehead atoms. The minimum Gasteiger partial charge on any atom is -0.493 e. The number of carboxylic acids is 1. The molecule has 1 amide bonds. The van der Waals surface area contributed by atoms with Gasteiger partial charge in [0.15, 0.2) is 6.61 Å². The van der Waals surface area contributed by atoms with Crippen LogP contribution in [-0.2, 0) is 4.79 Å². The Hall–Kier alpha value is -2.24. The van der Waals surface area contributed by atoms with Gasteiger partial charge in [0, 0.05) is 12.6 Å². The third-order valence-electron chi connectivity index (χ3n) is 2.59. The molecule has 1 rings (SSSR count). The summed E-state index contributed by atoms with van der Waals surface area (Å²) in [6.07, 6.45) is 1.67. The van der Waals surface area contributed by atoms with Crippen molar-refractivity contribution in [2.24, 2.45) is 0 Å². The zero-order chi connectivity index (χ0) is 15.7. The first-order valence-electron chi connectivity index (χ1n) is 6.98. The van der Waals surface area contributed by atoms with E-state index in [0.29, 0.717) is 18.9 Å². The second-order valence-electron chi connectivity index (χ2n) is 4.45. The lowest BCUT2D eigenvalue weighted by Gasteiger charge is -2.11. The second-order valence-corrected chi connectivity index (χ2v) is 4.45. The minimum absolute atomic E-state index is 0.00198. The van der Waals surface area contributed by atoms with Crippen molar-refractivity contribution in [2.45, 2.75) is 26.7 Å². The lowest BCUT2D eigenvalue weighted by molar-refractivity contribution is -0.123. The summed E-state index contributed by atoms with van der Waals surface area (Å²) < 4.78 is 10.7. The van der Waals surface area contributed by atoms with Crippen molar-refractivity contribution in [3.63, 3.8) is 0 Å². The molecule has 21 heavy (non-hydrogen) atoms. The van der Waals surface area contributed by atoms with Gasteiger partial charge < -0.3 is 19.9 Å². The molecule has 2 N–H and O–H groups in total. The normalized spacial score (nSPS) is 10.0. The Kier molecular flexibility index (Phi) is 7.08. The Morgan fingerprint density at radius 2 is 1.95 bits per heavy atom. The molecule has 1 aromatic rings. The lowest BCUT2D eigenvalue weighted by atomic mass is 10.2. The monoisotopic (exact) mass is 295 g/mol. The van der Waals surface area contributed by atoms with Crippen molar-refractivity contribution >= 4 is 11.9 Å². The zero-order valence-electron chi connectivity index (χ0n) is 12.3. The number of amides is 1. The van der Waals surface area contributed by atoms with Gasteiger partial charge in [-0.05, 0) is 25.0 Å². The molecule has 0 saturated carbocycles. The van der Waals surface area contributed by atoms with Crippen LogP contribution in [0.15, 0.2) is 18.2 Å². The summed E-state index contributed by atoms with van der Waals surface area (Å²) in [6.45, 7) is 4.79. The van der Waals surface area contributed by atoms with Crippen LogP contribution in [0.1, 0.15) is 37.0 Å².